The Balaban J connectivity index is 1.67. The van der Waals surface area contributed by atoms with Gasteiger partial charge in [-0.15, -0.1) is 0 Å². The molecular weight excluding hydrogens is 178 g/mol. The third kappa shape index (κ3) is 2.75. The Morgan fingerprint density at radius 3 is 3.29 bits per heavy atom. The first-order valence-corrected chi connectivity index (χ1v) is 5.04. The Kier molecular flexibility index (Phi) is 3.43. The average Bonchev–Trinajstić information content (AvgIpc) is 2.72. The van der Waals surface area contributed by atoms with Gasteiger partial charge in [-0.05, 0) is 25.0 Å². The van der Waals surface area contributed by atoms with Crippen LogP contribution in [0.3, 0.4) is 0 Å². The maximum Gasteiger partial charge on any atom is 0.0768 e. The van der Waals surface area contributed by atoms with Crippen LogP contribution in [0.4, 0.5) is 0 Å². The first-order chi connectivity index (χ1) is 6.95. The van der Waals surface area contributed by atoms with E-state index in [1.807, 2.05) is 12.1 Å². The molecule has 1 N–H and O–H groups in total. The average molecular weight is 193 g/mol. The molecule has 1 unspecified atom stereocenters. The van der Waals surface area contributed by atoms with Gasteiger partial charge in [0.05, 0.1) is 11.8 Å². The molecular formula is C10H15N3O. The highest BCUT2D eigenvalue weighted by molar-refractivity contribution is 4.98. The van der Waals surface area contributed by atoms with Gasteiger partial charge in [-0.1, -0.05) is 0 Å². The van der Waals surface area contributed by atoms with Crippen molar-refractivity contribution in [3.63, 3.8) is 0 Å². The van der Waals surface area contributed by atoms with Crippen molar-refractivity contribution in [1.82, 2.24) is 15.5 Å². The van der Waals surface area contributed by atoms with E-state index < -0.39 is 0 Å². The highest BCUT2D eigenvalue weighted by Gasteiger charge is 2.14. The maximum absolute atomic E-state index is 5.49. The van der Waals surface area contributed by atoms with Gasteiger partial charge in [0.15, 0.2) is 0 Å². The van der Waals surface area contributed by atoms with E-state index in [0.29, 0.717) is 6.10 Å². The zero-order chi connectivity index (χ0) is 9.64. The van der Waals surface area contributed by atoms with Gasteiger partial charge in [-0.3, -0.25) is 0 Å². The first kappa shape index (κ1) is 9.55. The molecule has 1 aliphatic rings. The van der Waals surface area contributed by atoms with Crippen LogP contribution in [0.2, 0.25) is 0 Å². The fourth-order valence-corrected chi connectivity index (χ4v) is 1.59. The maximum atomic E-state index is 5.49. The van der Waals surface area contributed by atoms with Crippen LogP contribution >= 0.6 is 0 Å². The summed E-state index contributed by atoms with van der Waals surface area (Å²) in [5.74, 6) is 0. The lowest BCUT2D eigenvalue weighted by Gasteiger charge is -2.09. The van der Waals surface area contributed by atoms with Crippen LogP contribution in [-0.2, 0) is 11.3 Å². The predicted molar refractivity (Wildman–Crippen MR) is 52.7 cm³/mol. The molecule has 0 radical (unpaired) electrons. The number of rotatable bonds is 4. The topological polar surface area (TPSA) is 47.0 Å². The number of nitrogens with zero attached hydrogens (tertiary/aromatic N) is 2. The molecule has 4 nitrogen and oxygen atoms in total. The van der Waals surface area contributed by atoms with Crippen LogP contribution in [0, 0.1) is 0 Å². The SMILES string of the molecule is c1cnnc(CNCC2CCCO2)c1. The van der Waals surface area contributed by atoms with Crippen LogP contribution in [0.5, 0.6) is 0 Å². The van der Waals surface area contributed by atoms with Crippen molar-refractivity contribution in [2.24, 2.45) is 0 Å². The molecule has 0 aliphatic carbocycles. The number of nitrogens with one attached hydrogen (secondary N) is 1. The highest BCUT2D eigenvalue weighted by atomic mass is 16.5. The molecule has 0 spiro atoms. The van der Waals surface area contributed by atoms with E-state index in [9.17, 15) is 0 Å². The molecule has 0 saturated carbocycles. The Hall–Kier alpha value is -1.00. The second-order valence-electron chi connectivity index (χ2n) is 3.48. The number of ether oxygens (including phenoxy) is 1. The Bertz CT molecular complexity index is 259. The Morgan fingerprint density at radius 2 is 2.57 bits per heavy atom. The molecule has 0 aromatic carbocycles. The third-order valence-corrected chi connectivity index (χ3v) is 2.33. The summed E-state index contributed by atoms with van der Waals surface area (Å²) < 4.78 is 5.49. The van der Waals surface area contributed by atoms with E-state index in [0.717, 1.165) is 25.4 Å². The van der Waals surface area contributed by atoms with Crippen molar-refractivity contribution in [2.75, 3.05) is 13.2 Å². The van der Waals surface area contributed by atoms with Gasteiger partial charge in [0, 0.05) is 25.9 Å². The fourth-order valence-electron chi connectivity index (χ4n) is 1.59. The third-order valence-electron chi connectivity index (χ3n) is 2.33. The minimum atomic E-state index is 0.395. The zero-order valence-electron chi connectivity index (χ0n) is 8.15. The van der Waals surface area contributed by atoms with Crippen LogP contribution < -0.4 is 5.32 Å². The molecule has 76 valence electrons. The Morgan fingerprint density at radius 1 is 1.57 bits per heavy atom. The van der Waals surface area contributed by atoms with E-state index in [2.05, 4.69) is 15.5 Å². The largest absolute Gasteiger partial charge is 0.377 e. The standard InChI is InChI=1S/C10H15N3O/c1-3-9(13-12-5-1)7-11-8-10-4-2-6-14-10/h1,3,5,10-11H,2,4,6-8H2. The lowest BCUT2D eigenvalue weighted by Crippen LogP contribution is -2.26. The number of aromatic nitrogens is 2. The summed E-state index contributed by atoms with van der Waals surface area (Å²) in [6.07, 6.45) is 4.45. The van der Waals surface area contributed by atoms with Gasteiger partial charge < -0.3 is 10.1 Å². The number of hydrogen-bond acceptors (Lipinski definition) is 4. The van der Waals surface area contributed by atoms with Crippen molar-refractivity contribution in [3.8, 4) is 0 Å². The predicted octanol–water partition coefficient (Wildman–Crippen LogP) is 0.745. The van der Waals surface area contributed by atoms with Gasteiger partial charge >= 0.3 is 0 Å². The molecule has 14 heavy (non-hydrogen) atoms. The van der Waals surface area contributed by atoms with Gasteiger partial charge in [-0.2, -0.15) is 10.2 Å². The summed E-state index contributed by atoms with van der Waals surface area (Å²) in [6, 6.07) is 3.87. The first-order valence-electron chi connectivity index (χ1n) is 5.04. The lowest BCUT2D eigenvalue weighted by atomic mass is 10.2. The van der Waals surface area contributed by atoms with E-state index in [1.54, 1.807) is 6.20 Å². The summed E-state index contributed by atoms with van der Waals surface area (Å²) in [5, 5.41) is 11.1. The van der Waals surface area contributed by atoms with Gasteiger partial charge in [0.1, 0.15) is 0 Å². The Labute approximate surface area is 83.7 Å². The summed E-state index contributed by atoms with van der Waals surface area (Å²) in [6.45, 7) is 2.60. The molecule has 1 aromatic heterocycles. The number of hydrogen-bond donors (Lipinski definition) is 1. The lowest BCUT2D eigenvalue weighted by molar-refractivity contribution is 0.110. The molecule has 0 bridgehead atoms. The van der Waals surface area contributed by atoms with Crippen molar-refractivity contribution in [3.05, 3.63) is 24.0 Å². The minimum Gasteiger partial charge on any atom is -0.377 e. The normalized spacial score (nSPS) is 21.3. The van der Waals surface area contributed by atoms with Gasteiger partial charge in [0.25, 0.3) is 0 Å². The van der Waals surface area contributed by atoms with Crippen molar-refractivity contribution in [2.45, 2.75) is 25.5 Å². The summed E-state index contributed by atoms with van der Waals surface area (Å²) >= 11 is 0. The monoisotopic (exact) mass is 193 g/mol. The van der Waals surface area contributed by atoms with Gasteiger partial charge in [0.2, 0.25) is 0 Å². The van der Waals surface area contributed by atoms with Gasteiger partial charge in [-0.25, -0.2) is 0 Å². The summed E-state index contributed by atoms with van der Waals surface area (Å²) in [5.41, 5.74) is 0.977. The molecule has 1 atom stereocenters. The molecule has 1 saturated heterocycles. The molecule has 1 aromatic rings. The van der Waals surface area contributed by atoms with Crippen LogP contribution in [0.15, 0.2) is 18.3 Å². The fraction of sp³-hybridized carbons (Fsp3) is 0.600. The molecule has 2 rings (SSSR count). The van der Waals surface area contributed by atoms with E-state index >= 15 is 0 Å². The van der Waals surface area contributed by atoms with Crippen LogP contribution in [0.25, 0.3) is 0 Å². The van der Waals surface area contributed by atoms with E-state index in [-0.39, 0.29) is 0 Å². The zero-order valence-corrected chi connectivity index (χ0v) is 8.15. The molecule has 1 fully saturated rings. The second kappa shape index (κ2) is 5.02. The molecule has 4 heteroatoms. The van der Waals surface area contributed by atoms with Crippen molar-refractivity contribution < 1.29 is 4.74 Å². The summed E-state index contributed by atoms with van der Waals surface area (Å²) in [4.78, 5) is 0. The van der Waals surface area contributed by atoms with E-state index in [4.69, 9.17) is 4.74 Å². The quantitative estimate of drug-likeness (QED) is 0.766. The van der Waals surface area contributed by atoms with E-state index in [1.165, 1.54) is 12.8 Å². The van der Waals surface area contributed by atoms with Crippen LogP contribution in [-0.4, -0.2) is 29.5 Å². The smallest absolute Gasteiger partial charge is 0.0768 e. The van der Waals surface area contributed by atoms with Crippen LogP contribution in [0.1, 0.15) is 18.5 Å². The second-order valence-corrected chi connectivity index (χ2v) is 3.48. The highest BCUT2D eigenvalue weighted by Crippen LogP contribution is 2.10. The minimum absolute atomic E-state index is 0.395. The molecule has 1 aliphatic heterocycles. The summed E-state index contributed by atoms with van der Waals surface area (Å²) in [7, 11) is 0. The van der Waals surface area contributed by atoms with Crippen molar-refractivity contribution in [1.29, 1.82) is 0 Å². The van der Waals surface area contributed by atoms with Crippen molar-refractivity contribution >= 4 is 0 Å². The molecule has 0 amide bonds. The molecule has 2 heterocycles.